The second-order valence-electron chi connectivity index (χ2n) is 4.99. The molecule has 0 radical (unpaired) electrons. The van der Waals surface area contributed by atoms with Gasteiger partial charge in [-0.05, 0) is 31.0 Å². The first-order valence-corrected chi connectivity index (χ1v) is 8.97. The summed E-state index contributed by atoms with van der Waals surface area (Å²) in [6, 6.07) is 4.70. The summed E-state index contributed by atoms with van der Waals surface area (Å²) in [5.41, 5.74) is 1.50. The number of carbonyl (C=O) groups excluding carboxylic acids is 2. The Bertz CT molecular complexity index is 687. The van der Waals surface area contributed by atoms with E-state index in [1.165, 1.54) is 0 Å². The molecular formula is C13H15BrN2O4S. The number of rotatable bonds is 2. The van der Waals surface area contributed by atoms with Gasteiger partial charge >= 0.3 is 11.8 Å². The normalized spacial score (nSPS) is 20.0. The van der Waals surface area contributed by atoms with Gasteiger partial charge < -0.3 is 10.6 Å². The first kappa shape index (κ1) is 16.0. The first-order chi connectivity index (χ1) is 9.77. The molecule has 1 aromatic rings. The molecule has 21 heavy (non-hydrogen) atoms. The molecule has 0 aliphatic carbocycles. The van der Waals surface area contributed by atoms with Crippen molar-refractivity contribution in [2.45, 2.75) is 19.4 Å². The van der Waals surface area contributed by atoms with Gasteiger partial charge in [0, 0.05) is 16.2 Å². The van der Waals surface area contributed by atoms with E-state index in [4.69, 9.17) is 0 Å². The molecule has 1 atom stereocenters. The van der Waals surface area contributed by atoms with Gasteiger partial charge in [-0.1, -0.05) is 22.0 Å². The van der Waals surface area contributed by atoms with Crippen molar-refractivity contribution in [1.82, 2.24) is 5.32 Å². The molecule has 1 aromatic carbocycles. The Morgan fingerprint density at radius 3 is 2.57 bits per heavy atom. The Morgan fingerprint density at radius 1 is 1.29 bits per heavy atom. The zero-order chi connectivity index (χ0) is 15.6. The fourth-order valence-corrected chi connectivity index (χ4v) is 4.07. The summed E-state index contributed by atoms with van der Waals surface area (Å²) < 4.78 is 23.4. The number of benzene rings is 1. The van der Waals surface area contributed by atoms with Crippen molar-refractivity contribution in [1.29, 1.82) is 0 Å². The number of amides is 2. The molecule has 1 saturated heterocycles. The highest BCUT2D eigenvalue weighted by atomic mass is 79.9. The van der Waals surface area contributed by atoms with Crippen LogP contribution in [0.1, 0.15) is 12.0 Å². The van der Waals surface area contributed by atoms with Gasteiger partial charge in [0.05, 0.1) is 11.5 Å². The Labute approximate surface area is 131 Å². The van der Waals surface area contributed by atoms with E-state index in [-0.39, 0.29) is 11.5 Å². The number of halogens is 1. The number of anilines is 1. The summed E-state index contributed by atoms with van der Waals surface area (Å²) >= 11 is 3.34. The Morgan fingerprint density at radius 2 is 2.00 bits per heavy atom. The predicted octanol–water partition coefficient (Wildman–Crippen LogP) is 0.999. The summed E-state index contributed by atoms with van der Waals surface area (Å²) in [5, 5.41) is 4.91. The van der Waals surface area contributed by atoms with E-state index in [0.717, 1.165) is 10.0 Å². The number of carbonyl (C=O) groups is 2. The third kappa shape index (κ3) is 4.28. The molecule has 2 N–H and O–H groups in total. The average Bonchev–Trinajstić information content (AvgIpc) is 2.73. The third-order valence-electron chi connectivity index (χ3n) is 3.20. The Hall–Kier alpha value is -1.41. The van der Waals surface area contributed by atoms with Crippen LogP contribution in [0.5, 0.6) is 0 Å². The summed E-state index contributed by atoms with van der Waals surface area (Å²) in [6.45, 7) is 1.91. The highest BCUT2D eigenvalue weighted by molar-refractivity contribution is 9.10. The van der Waals surface area contributed by atoms with Gasteiger partial charge in [0.25, 0.3) is 0 Å². The minimum absolute atomic E-state index is 0.0461. The second kappa shape index (κ2) is 6.15. The van der Waals surface area contributed by atoms with E-state index in [1.807, 2.05) is 6.92 Å². The molecular weight excluding hydrogens is 360 g/mol. The smallest absolute Gasteiger partial charge is 0.313 e. The van der Waals surface area contributed by atoms with E-state index in [1.54, 1.807) is 18.2 Å². The minimum atomic E-state index is -3.09. The molecule has 1 aliphatic rings. The van der Waals surface area contributed by atoms with Gasteiger partial charge in [-0.3, -0.25) is 9.59 Å². The van der Waals surface area contributed by atoms with Crippen LogP contribution in [0.15, 0.2) is 22.7 Å². The number of nitrogens with one attached hydrogen (secondary N) is 2. The molecule has 8 heteroatoms. The lowest BCUT2D eigenvalue weighted by molar-refractivity contribution is -0.136. The quantitative estimate of drug-likeness (QED) is 0.755. The lowest BCUT2D eigenvalue weighted by Gasteiger charge is -2.11. The van der Waals surface area contributed by atoms with Crippen molar-refractivity contribution < 1.29 is 18.0 Å². The number of sulfone groups is 1. The van der Waals surface area contributed by atoms with Gasteiger partial charge in [-0.2, -0.15) is 0 Å². The summed E-state index contributed by atoms with van der Waals surface area (Å²) in [5.74, 6) is -1.70. The topological polar surface area (TPSA) is 92.3 Å². The van der Waals surface area contributed by atoms with Crippen LogP contribution in [0.3, 0.4) is 0 Å². The fourth-order valence-electron chi connectivity index (χ4n) is 2.02. The van der Waals surface area contributed by atoms with Crippen molar-refractivity contribution in [2.24, 2.45) is 0 Å². The number of aryl methyl sites for hydroxylation is 1. The van der Waals surface area contributed by atoms with Crippen molar-refractivity contribution in [2.75, 3.05) is 16.8 Å². The molecule has 114 valence electrons. The molecule has 6 nitrogen and oxygen atoms in total. The largest absolute Gasteiger partial charge is 0.344 e. The number of hydrogen-bond acceptors (Lipinski definition) is 4. The standard InChI is InChI=1S/C13H15BrN2O4S/c1-8-2-3-9(6-11(8)14)15-12(17)13(18)16-10-4-5-21(19,20)7-10/h2-3,6,10H,4-5,7H2,1H3,(H,15,17)(H,16,18). The van der Waals surface area contributed by atoms with E-state index in [0.29, 0.717) is 12.1 Å². The van der Waals surface area contributed by atoms with Crippen LogP contribution in [0.2, 0.25) is 0 Å². The lowest BCUT2D eigenvalue weighted by Crippen LogP contribution is -2.42. The molecule has 0 bridgehead atoms. The van der Waals surface area contributed by atoms with Crippen LogP contribution >= 0.6 is 15.9 Å². The zero-order valence-electron chi connectivity index (χ0n) is 11.3. The van der Waals surface area contributed by atoms with Crippen LogP contribution in [-0.4, -0.2) is 37.8 Å². The summed E-state index contributed by atoms with van der Waals surface area (Å²) in [4.78, 5) is 23.5. The molecule has 0 aromatic heterocycles. The van der Waals surface area contributed by atoms with Gasteiger partial charge in [-0.15, -0.1) is 0 Å². The summed E-state index contributed by atoms with van der Waals surface area (Å²) in [6.07, 6.45) is 0.345. The van der Waals surface area contributed by atoms with E-state index in [2.05, 4.69) is 26.6 Å². The average molecular weight is 375 g/mol. The molecule has 0 saturated carbocycles. The first-order valence-electron chi connectivity index (χ1n) is 6.35. The Balaban J connectivity index is 1.94. The maximum atomic E-state index is 11.8. The third-order valence-corrected chi connectivity index (χ3v) is 5.83. The zero-order valence-corrected chi connectivity index (χ0v) is 13.8. The van der Waals surface area contributed by atoms with Gasteiger partial charge in [0.2, 0.25) is 0 Å². The van der Waals surface area contributed by atoms with Crippen molar-refractivity contribution in [3.63, 3.8) is 0 Å². The van der Waals surface area contributed by atoms with E-state index in [9.17, 15) is 18.0 Å². The molecule has 1 unspecified atom stereocenters. The molecule has 1 aliphatic heterocycles. The van der Waals surface area contributed by atoms with Crippen molar-refractivity contribution >= 4 is 43.3 Å². The van der Waals surface area contributed by atoms with Gasteiger partial charge in [0.1, 0.15) is 0 Å². The van der Waals surface area contributed by atoms with Gasteiger partial charge in [-0.25, -0.2) is 8.42 Å². The monoisotopic (exact) mass is 374 g/mol. The van der Waals surface area contributed by atoms with E-state index >= 15 is 0 Å². The van der Waals surface area contributed by atoms with Crippen molar-refractivity contribution in [3.8, 4) is 0 Å². The Kier molecular flexibility index (Phi) is 4.67. The second-order valence-corrected chi connectivity index (χ2v) is 8.07. The van der Waals surface area contributed by atoms with Crippen LogP contribution in [-0.2, 0) is 19.4 Å². The molecule has 0 spiro atoms. The number of hydrogen-bond donors (Lipinski definition) is 2. The van der Waals surface area contributed by atoms with Crippen molar-refractivity contribution in [3.05, 3.63) is 28.2 Å². The molecule has 2 rings (SSSR count). The highest BCUT2D eigenvalue weighted by Crippen LogP contribution is 2.20. The van der Waals surface area contributed by atoms with Crippen LogP contribution < -0.4 is 10.6 Å². The van der Waals surface area contributed by atoms with Gasteiger partial charge in [0.15, 0.2) is 9.84 Å². The van der Waals surface area contributed by atoms with Crippen LogP contribution in [0.25, 0.3) is 0 Å². The van der Waals surface area contributed by atoms with Crippen LogP contribution in [0.4, 0.5) is 5.69 Å². The molecule has 2 amide bonds. The molecule has 1 fully saturated rings. The highest BCUT2D eigenvalue weighted by Gasteiger charge is 2.30. The molecule has 1 heterocycles. The van der Waals surface area contributed by atoms with Crippen LogP contribution in [0, 0.1) is 6.92 Å². The SMILES string of the molecule is Cc1ccc(NC(=O)C(=O)NC2CCS(=O)(=O)C2)cc1Br. The predicted molar refractivity (Wildman–Crippen MR) is 82.7 cm³/mol. The fraction of sp³-hybridized carbons (Fsp3) is 0.385. The maximum Gasteiger partial charge on any atom is 0.313 e. The minimum Gasteiger partial charge on any atom is -0.344 e. The summed E-state index contributed by atoms with van der Waals surface area (Å²) in [7, 11) is -3.09. The maximum absolute atomic E-state index is 11.8. The van der Waals surface area contributed by atoms with E-state index < -0.39 is 27.7 Å². The lowest BCUT2D eigenvalue weighted by atomic mass is 10.2.